The van der Waals surface area contributed by atoms with Gasteiger partial charge in [-0.15, -0.1) is 0 Å². The average Bonchev–Trinajstić information content (AvgIpc) is 2.34. The van der Waals surface area contributed by atoms with Crippen molar-refractivity contribution in [1.29, 1.82) is 0 Å². The van der Waals surface area contributed by atoms with Crippen LogP contribution in [-0.2, 0) is 0 Å². The molecule has 18 heavy (non-hydrogen) atoms. The minimum atomic E-state index is -0.506. The zero-order valence-electron chi connectivity index (χ0n) is 11.1. The number of aromatic nitrogens is 1. The first kappa shape index (κ1) is 14.6. The molecule has 0 radical (unpaired) electrons. The Kier molecular flexibility index (Phi) is 5.22. The van der Waals surface area contributed by atoms with Crippen molar-refractivity contribution in [3.63, 3.8) is 0 Å². The maximum Gasteiger partial charge on any atom is 0.255 e. The van der Waals surface area contributed by atoms with Gasteiger partial charge in [0.25, 0.3) is 5.91 Å². The molecule has 0 aliphatic rings. The number of rotatable bonds is 5. The lowest BCUT2D eigenvalue weighted by atomic mass is 10.0. The Bertz CT molecular complexity index is 409. The maximum absolute atomic E-state index is 13.0. The van der Waals surface area contributed by atoms with Crippen LogP contribution in [0.25, 0.3) is 0 Å². The molecule has 0 fully saturated rings. The van der Waals surface area contributed by atoms with E-state index in [-0.39, 0.29) is 17.5 Å². The van der Waals surface area contributed by atoms with Crippen molar-refractivity contribution in [2.45, 2.75) is 26.3 Å². The van der Waals surface area contributed by atoms with Gasteiger partial charge in [0, 0.05) is 25.8 Å². The summed E-state index contributed by atoms with van der Waals surface area (Å²) in [5.41, 5.74) is 6.18. The normalized spacial score (nSPS) is 12.6. The van der Waals surface area contributed by atoms with E-state index in [0.717, 1.165) is 12.6 Å². The second-order valence-electron chi connectivity index (χ2n) is 4.82. The minimum Gasteiger partial charge on any atom is -0.342 e. The molecule has 0 saturated heterocycles. The fraction of sp³-hybridized carbons (Fsp3) is 0.538. The van der Waals surface area contributed by atoms with Crippen LogP contribution >= 0.6 is 0 Å². The van der Waals surface area contributed by atoms with E-state index in [1.165, 1.54) is 12.3 Å². The van der Waals surface area contributed by atoms with Crippen LogP contribution < -0.4 is 5.73 Å². The zero-order chi connectivity index (χ0) is 13.7. The Labute approximate surface area is 107 Å². The molecule has 0 spiro atoms. The summed E-state index contributed by atoms with van der Waals surface area (Å²) in [5.74, 6) is -0.365. The number of halogens is 1. The van der Waals surface area contributed by atoms with Crippen molar-refractivity contribution >= 4 is 5.91 Å². The van der Waals surface area contributed by atoms with Crippen LogP contribution in [0.5, 0.6) is 0 Å². The third-order valence-electron chi connectivity index (χ3n) is 2.95. The number of hydrogen-bond donors (Lipinski definition) is 1. The molecule has 1 heterocycles. The molecular weight excluding hydrogens is 233 g/mol. The van der Waals surface area contributed by atoms with Crippen LogP contribution in [0.1, 0.15) is 30.6 Å². The molecule has 0 saturated carbocycles. The quantitative estimate of drug-likeness (QED) is 0.868. The average molecular weight is 253 g/mol. The van der Waals surface area contributed by atoms with E-state index in [4.69, 9.17) is 5.73 Å². The first-order valence-corrected chi connectivity index (χ1v) is 6.03. The summed E-state index contributed by atoms with van der Waals surface area (Å²) in [4.78, 5) is 17.2. The molecule has 1 atom stereocenters. The van der Waals surface area contributed by atoms with E-state index >= 15 is 0 Å². The van der Waals surface area contributed by atoms with Gasteiger partial charge >= 0.3 is 0 Å². The minimum absolute atomic E-state index is 0.0610. The Morgan fingerprint density at radius 3 is 2.72 bits per heavy atom. The Hall–Kier alpha value is -1.49. The first-order chi connectivity index (χ1) is 8.41. The summed E-state index contributed by atoms with van der Waals surface area (Å²) in [7, 11) is 1.68. The molecule has 0 aliphatic heterocycles. The molecule has 1 unspecified atom stereocenters. The van der Waals surface area contributed by atoms with Crippen LogP contribution in [0.3, 0.4) is 0 Å². The van der Waals surface area contributed by atoms with Crippen LogP contribution in [0.4, 0.5) is 4.39 Å². The predicted octanol–water partition coefficient (Wildman–Crippen LogP) is 1.67. The molecule has 5 heteroatoms. The van der Waals surface area contributed by atoms with Gasteiger partial charge in [-0.1, -0.05) is 13.8 Å². The van der Waals surface area contributed by atoms with E-state index in [1.807, 2.05) is 13.8 Å². The summed E-state index contributed by atoms with van der Waals surface area (Å²) in [5, 5.41) is 0. The summed E-state index contributed by atoms with van der Waals surface area (Å²) in [6.07, 6.45) is 3.17. The predicted molar refractivity (Wildman–Crippen MR) is 68.6 cm³/mol. The lowest BCUT2D eigenvalue weighted by Gasteiger charge is -2.21. The molecule has 1 rings (SSSR count). The second-order valence-corrected chi connectivity index (χ2v) is 4.82. The van der Waals surface area contributed by atoms with Gasteiger partial charge in [-0.2, -0.15) is 0 Å². The van der Waals surface area contributed by atoms with Gasteiger partial charge in [0.1, 0.15) is 5.82 Å². The smallest absolute Gasteiger partial charge is 0.255 e. The number of carbonyl (C=O) groups is 1. The molecule has 0 aromatic carbocycles. The fourth-order valence-corrected chi connectivity index (χ4v) is 1.53. The molecule has 1 aromatic rings. The summed E-state index contributed by atoms with van der Waals surface area (Å²) >= 11 is 0. The van der Waals surface area contributed by atoms with Gasteiger partial charge < -0.3 is 10.6 Å². The Morgan fingerprint density at radius 1 is 1.50 bits per heavy atom. The lowest BCUT2D eigenvalue weighted by Crippen LogP contribution is -2.34. The highest BCUT2D eigenvalue weighted by molar-refractivity contribution is 5.93. The zero-order valence-corrected chi connectivity index (χ0v) is 11.1. The van der Waals surface area contributed by atoms with Gasteiger partial charge in [-0.05, 0) is 18.4 Å². The van der Waals surface area contributed by atoms with Crippen molar-refractivity contribution in [2.75, 3.05) is 13.6 Å². The van der Waals surface area contributed by atoms with Gasteiger partial charge in [-0.3, -0.25) is 9.78 Å². The van der Waals surface area contributed by atoms with Crippen molar-refractivity contribution in [2.24, 2.45) is 11.7 Å². The van der Waals surface area contributed by atoms with Gasteiger partial charge in [0.15, 0.2) is 0 Å². The van der Waals surface area contributed by atoms with Gasteiger partial charge in [-0.25, -0.2) is 4.39 Å². The third-order valence-corrected chi connectivity index (χ3v) is 2.95. The van der Waals surface area contributed by atoms with Crippen molar-refractivity contribution in [3.8, 4) is 0 Å². The number of nitrogens with two attached hydrogens (primary N) is 1. The van der Waals surface area contributed by atoms with Crippen LogP contribution in [0.2, 0.25) is 0 Å². The molecule has 100 valence electrons. The van der Waals surface area contributed by atoms with E-state index in [0.29, 0.717) is 12.5 Å². The monoisotopic (exact) mass is 253 g/mol. The number of amides is 1. The SMILES string of the molecule is CC(C)C(N)CCN(C)C(=O)c1cncc(F)c1. The standard InChI is InChI=1S/C13H20FN3O/c1-9(2)12(15)4-5-17(3)13(18)10-6-11(14)8-16-7-10/h6-9,12H,4-5,15H2,1-3H3. The van der Waals surface area contributed by atoms with Crippen molar-refractivity contribution < 1.29 is 9.18 Å². The van der Waals surface area contributed by atoms with Gasteiger partial charge in [0.05, 0.1) is 11.8 Å². The highest BCUT2D eigenvalue weighted by Crippen LogP contribution is 2.07. The largest absolute Gasteiger partial charge is 0.342 e. The van der Waals surface area contributed by atoms with Crippen LogP contribution in [-0.4, -0.2) is 35.4 Å². The third kappa shape index (κ3) is 4.07. The second kappa shape index (κ2) is 6.44. The topological polar surface area (TPSA) is 59.2 Å². The van der Waals surface area contributed by atoms with E-state index in [2.05, 4.69) is 4.98 Å². The molecule has 0 bridgehead atoms. The van der Waals surface area contributed by atoms with Gasteiger partial charge in [0.2, 0.25) is 0 Å². The Morgan fingerprint density at radius 2 is 2.17 bits per heavy atom. The van der Waals surface area contributed by atoms with Crippen LogP contribution in [0, 0.1) is 11.7 Å². The maximum atomic E-state index is 13.0. The number of carbonyl (C=O) groups excluding carboxylic acids is 1. The molecule has 4 nitrogen and oxygen atoms in total. The summed E-state index contributed by atoms with van der Waals surface area (Å²) < 4.78 is 13.0. The fourth-order valence-electron chi connectivity index (χ4n) is 1.53. The van der Waals surface area contributed by atoms with E-state index in [9.17, 15) is 9.18 Å². The van der Waals surface area contributed by atoms with E-state index in [1.54, 1.807) is 11.9 Å². The number of hydrogen-bond acceptors (Lipinski definition) is 3. The van der Waals surface area contributed by atoms with E-state index < -0.39 is 5.82 Å². The number of pyridine rings is 1. The summed E-state index contributed by atoms with van der Waals surface area (Å²) in [6.45, 7) is 4.64. The molecule has 0 aliphatic carbocycles. The highest BCUT2D eigenvalue weighted by atomic mass is 19.1. The number of nitrogens with zero attached hydrogens (tertiary/aromatic N) is 2. The Balaban J connectivity index is 2.57. The highest BCUT2D eigenvalue weighted by Gasteiger charge is 2.15. The van der Waals surface area contributed by atoms with Crippen molar-refractivity contribution in [1.82, 2.24) is 9.88 Å². The first-order valence-electron chi connectivity index (χ1n) is 6.03. The van der Waals surface area contributed by atoms with Crippen molar-refractivity contribution in [3.05, 3.63) is 29.8 Å². The lowest BCUT2D eigenvalue weighted by molar-refractivity contribution is 0.0788. The molecule has 1 aromatic heterocycles. The molecular formula is C13H20FN3O. The van der Waals surface area contributed by atoms with Crippen LogP contribution in [0.15, 0.2) is 18.5 Å². The molecule has 2 N–H and O–H groups in total. The summed E-state index contributed by atoms with van der Waals surface area (Å²) in [6, 6.07) is 1.25. The molecule has 1 amide bonds.